The van der Waals surface area contributed by atoms with E-state index in [0.29, 0.717) is 17.5 Å². The zero-order valence-corrected chi connectivity index (χ0v) is 31.9. The molecule has 0 saturated carbocycles. The van der Waals surface area contributed by atoms with Gasteiger partial charge in [-0.2, -0.15) is 0 Å². The molecule has 0 fully saturated rings. The smallest absolute Gasteiger partial charge is 0.164 e. The third-order valence-electron chi connectivity index (χ3n) is 11.2. The van der Waals surface area contributed by atoms with Crippen LogP contribution < -0.4 is 0 Å². The Labute approximate surface area is 337 Å². The molecule has 0 aliphatic heterocycles. The number of hydrogen-bond acceptors (Lipinski definition) is 5. The van der Waals surface area contributed by atoms with E-state index in [1.165, 1.54) is 36.3 Å². The third-order valence-corrected chi connectivity index (χ3v) is 12.4. The second kappa shape index (κ2) is 13.0. The van der Waals surface area contributed by atoms with Gasteiger partial charge < -0.3 is 4.57 Å². The lowest BCUT2D eigenvalue weighted by molar-refractivity contribution is 1.07. The molecule has 0 atom stereocenters. The maximum Gasteiger partial charge on any atom is 0.164 e. The van der Waals surface area contributed by atoms with Gasteiger partial charge in [-0.1, -0.05) is 152 Å². The largest absolute Gasteiger partial charge is 0.309 e. The first-order valence-corrected chi connectivity index (χ1v) is 20.2. The standard InChI is InChI=1S/C52H31N5S/c1-2-17-37-32(13-1)14-12-22-40(37)52-55-50(54-51(56-52)35-15-11-16-36(31-35)57-44-24-8-4-18-38(44)39-19-5-9-25-45(39)57)34-29-27-33(28-30-34)48-47-42-21-6-10-26-46(42)58-49(47)41-20-3-7-23-43(41)53-48/h1-31H. The molecular weight excluding hydrogens is 727 g/mol. The Balaban J connectivity index is 1.03. The van der Waals surface area contributed by atoms with Gasteiger partial charge in [-0.25, -0.2) is 19.9 Å². The number of nitrogens with zero attached hydrogens (tertiary/aromatic N) is 5. The number of fused-ring (bicyclic) bond motifs is 9. The van der Waals surface area contributed by atoms with Crippen LogP contribution in [0.4, 0.5) is 0 Å². The van der Waals surface area contributed by atoms with Crippen molar-refractivity contribution in [2.24, 2.45) is 0 Å². The van der Waals surface area contributed by atoms with Gasteiger partial charge in [0.15, 0.2) is 17.5 Å². The SMILES string of the molecule is c1cc(-c2nc(-c3ccc(-c4nc5ccccc5c5sc6ccccc6c45)cc3)nc(-c3cccc4ccccc34)n2)cc(-n2c3ccccc3c3ccccc32)c1. The molecule has 4 aromatic heterocycles. The second-order valence-electron chi connectivity index (χ2n) is 14.6. The molecule has 270 valence electrons. The van der Waals surface area contributed by atoms with Crippen LogP contribution in [-0.4, -0.2) is 24.5 Å². The zero-order chi connectivity index (χ0) is 38.2. The molecule has 58 heavy (non-hydrogen) atoms. The third kappa shape index (κ3) is 5.16. The Morgan fingerprint density at radius 1 is 0.397 bits per heavy atom. The summed E-state index contributed by atoms with van der Waals surface area (Å²) in [7, 11) is 0. The summed E-state index contributed by atoms with van der Waals surface area (Å²) in [4.78, 5) is 20.9. The van der Waals surface area contributed by atoms with E-state index >= 15 is 0 Å². The molecule has 12 rings (SSSR count). The molecule has 0 radical (unpaired) electrons. The number of thiophene rings is 1. The minimum atomic E-state index is 0.611. The number of benzene rings is 8. The van der Waals surface area contributed by atoms with Gasteiger partial charge in [-0.3, -0.25) is 0 Å². The van der Waals surface area contributed by atoms with Gasteiger partial charge in [-0.15, -0.1) is 11.3 Å². The fourth-order valence-electron chi connectivity index (χ4n) is 8.56. The van der Waals surface area contributed by atoms with Crippen LogP contribution in [0.5, 0.6) is 0 Å². The van der Waals surface area contributed by atoms with E-state index < -0.39 is 0 Å². The summed E-state index contributed by atoms with van der Waals surface area (Å²) in [5, 5.41) is 8.27. The quantitative estimate of drug-likeness (QED) is 0.175. The minimum Gasteiger partial charge on any atom is -0.309 e. The molecular formula is C52H31N5S. The fraction of sp³-hybridized carbons (Fsp3) is 0. The lowest BCUT2D eigenvalue weighted by Crippen LogP contribution is -2.01. The molecule has 12 aromatic rings. The van der Waals surface area contributed by atoms with Crippen LogP contribution >= 0.6 is 11.3 Å². The highest BCUT2D eigenvalue weighted by Crippen LogP contribution is 2.43. The molecule has 0 aliphatic rings. The summed E-state index contributed by atoms with van der Waals surface area (Å²) in [6, 6.07) is 66.0. The molecule has 5 nitrogen and oxygen atoms in total. The van der Waals surface area contributed by atoms with Crippen molar-refractivity contribution in [1.29, 1.82) is 0 Å². The first-order valence-electron chi connectivity index (χ1n) is 19.4. The van der Waals surface area contributed by atoms with Crippen molar-refractivity contribution < 1.29 is 0 Å². The number of aromatic nitrogens is 5. The van der Waals surface area contributed by atoms with Crippen molar-refractivity contribution in [2.45, 2.75) is 0 Å². The zero-order valence-electron chi connectivity index (χ0n) is 31.0. The van der Waals surface area contributed by atoms with E-state index in [0.717, 1.165) is 61.0 Å². The summed E-state index contributed by atoms with van der Waals surface area (Å²) in [5.74, 6) is 1.85. The molecule has 0 unspecified atom stereocenters. The molecule has 0 saturated heterocycles. The van der Waals surface area contributed by atoms with Crippen LogP contribution in [0.1, 0.15) is 0 Å². The van der Waals surface area contributed by atoms with Crippen molar-refractivity contribution in [3.8, 4) is 51.1 Å². The van der Waals surface area contributed by atoms with Gasteiger partial charge in [-0.05, 0) is 47.2 Å². The molecule has 0 spiro atoms. The van der Waals surface area contributed by atoms with Crippen LogP contribution in [0.15, 0.2) is 188 Å². The number of hydrogen-bond donors (Lipinski definition) is 0. The van der Waals surface area contributed by atoms with E-state index in [2.05, 4.69) is 193 Å². The predicted molar refractivity (Wildman–Crippen MR) is 242 cm³/mol. The Hall–Kier alpha value is -7.54. The normalized spacial score (nSPS) is 11.8. The van der Waals surface area contributed by atoms with Crippen LogP contribution in [0.3, 0.4) is 0 Å². The fourth-order valence-corrected chi connectivity index (χ4v) is 9.79. The van der Waals surface area contributed by atoms with Gasteiger partial charge in [0.25, 0.3) is 0 Å². The van der Waals surface area contributed by atoms with E-state index in [1.807, 2.05) is 11.3 Å². The summed E-state index contributed by atoms with van der Waals surface area (Å²) in [5.41, 5.74) is 9.15. The van der Waals surface area contributed by atoms with Gasteiger partial charge >= 0.3 is 0 Å². The summed E-state index contributed by atoms with van der Waals surface area (Å²) in [6.07, 6.45) is 0. The first-order chi connectivity index (χ1) is 28.7. The van der Waals surface area contributed by atoms with Crippen molar-refractivity contribution in [3.63, 3.8) is 0 Å². The van der Waals surface area contributed by atoms with Crippen molar-refractivity contribution in [2.75, 3.05) is 0 Å². The summed E-state index contributed by atoms with van der Waals surface area (Å²) in [6.45, 7) is 0. The lowest BCUT2D eigenvalue weighted by atomic mass is 10.0. The molecule has 4 heterocycles. The van der Waals surface area contributed by atoms with Gasteiger partial charge in [0.05, 0.1) is 22.2 Å². The lowest BCUT2D eigenvalue weighted by Gasteiger charge is -2.13. The summed E-state index contributed by atoms with van der Waals surface area (Å²) < 4.78 is 4.85. The van der Waals surface area contributed by atoms with E-state index in [9.17, 15) is 0 Å². The highest BCUT2D eigenvalue weighted by Gasteiger charge is 2.19. The Morgan fingerprint density at radius 3 is 1.78 bits per heavy atom. The molecule has 0 bridgehead atoms. The average molecular weight is 758 g/mol. The van der Waals surface area contributed by atoms with Crippen molar-refractivity contribution in [3.05, 3.63) is 188 Å². The topological polar surface area (TPSA) is 56.5 Å². The van der Waals surface area contributed by atoms with Gasteiger partial charge in [0, 0.05) is 64.3 Å². The Morgan fingerprint density at radius 2 is 0.983 bits per heavy atom. The Bertz CT molecular complexity index is 3520. The van der Waals surface area contributed by atoms with Crippen LogP contribution in [-0.2, 0) is 0 Å². The first kappa shape index (κ1) is 32.7. The van der Waals surface area contributed by atoms with E-state index in [-0.39, 0.29) is 0 Å². The molecule has 0 aliphatic carbocycles. The maximum absolute atomic E-state index is 5.27. The minimum absolute atomic E-state index is 0.611. The molecule has 8 aromatic carbocycles. The number of rotatable bonds is 5. The van der Waals surface area contributed by atoms with E-state index in [4.69, 9.17) is 19.9 Å². The van der Waals surface area contributed by atoms with E-state index in [1.54, 1.807) is 0 Å². The van der Waals surface area contributed by atoms with Gasteiger partial charge in [0.2, 0.25) is 0 Å². The monoisotopic (exact) mass is 757 g/mol. The van der Waals surface area contributed by atoms with Crippen molar-refractivity contribution in [1.82, 2.24) is 24.5 Å². The van der Waals surface area contributed by atoms with Crippen LogP contribution in [0.2, 0.25) is 0 Å². The Kier molecular flexibility index (Phi) is 7.33. The second-order valence-corrected chi connectivity index (χ2v) is 15.7. The van der Waals surface area contributed by atoms with Crippen LogP contribution in [0, 0.1) is 0 Å². The highest BCUT2D eigenvalue weighted by molar-refractivity contribution is 7.26. The average Bonchev–Trinajstić information content (AvgIpc) is 3.85. The van der Waals surface area contributed by atoms with Gasteiger partial charge in [0.1, 0.15) is 0 Å². The molecule has 6 heteroatoms. The molecule has 0 N–H and O–H groups in total. The predicted octanol–water partition coefficient (Wildman–Crippen LogP) is 13.7. The number of para-hydroxylation sites is 3. The maximum atomic E-state index is 5.27. The molecule has 0 amide bonds. The number of pyridine rings is 1. The van der Waals surface area contributed by atoms with Crippen molar-refractivity contribution >= 4 is 75.0 Å². The highest BCUT2D eigenvalue weighted by atomic mass is 32.1. The summed E-state index contributed by atoms with van der Waals surface area (Å²) >= 11 is 1.83. The van der Waals surface area contributed by atoms with Crippen LogP contribution in [0.25, 0.3) is 115 Å².